The molecule has 7 nitrogen and oxygen atoms in total. The lowest BCUT2D eigenvalue weighted by molar-refractivity contribution is -0.140. The average molecular weight is 349 g/mol. The molecule has 0 aromatic carbocycles. The highest BCUT2D eigenvalue weighted by Gasteiger charge is 2.34. The number of nitrogens with zero attached hydrogens (tertiary/aromatic N) is 1. The molecule has 138 valence electrons. The zero-order chi connectivity index (χ0) is 18.0. The summed E-state index contributed by atoms with van der Waals surface area (Å²) in [6, 6.07) is 1.58. The van der Waals surface area contributed by atoms with Gasteiger partial charge >= 0.3 is 0 Å². The minimum absolute atomic E-state index is 0.0825. The number of amides is 2. The van der Waals surface area contributed by atoms with Gasteiger partial charge in [0, 0.05) is 25.7 Å². The van der Waals surface area contributed by atoms with Gasteiger partial charge < -0.3 is 24.7 Å². The van der Waals surface area contributed by atoms with Gasteiger partial charge in [0.1, 0.15) is 17.6 Å². The molecule has 3 rings (SSSR count). The Labute approximate surface area is 148 Å². The maximum atomic E-state index is 12.6. The van der Waals surface area contributed by atoms with Gasteiger partial charge in [-0.2, -0.15) is 0 Å². The molecule has 0 bridgehead atoms. The monoisotopic (exact) mass is 349 g/mol. The summed E-state index contributed by atoms with van der Waals surface area (Å²) >= 11 is 0. The number of carbonyl (C=O) groups is 2. The molecule has 2 amide bonds. The largest absolute Gasteiger partial charge is 0.466 e. The van der Waals surface area contributed by atoms with Crippen molar-refractivity contribution < 1.29 is 18.7 Å². The minimum Gasteiger partial charge on any atom is -0.466 e. The molecule has 2 aliphatic heterocycles. The Morgan fingerprint density at radius 2 is 2.00 bits per heavy atom. The molecule has 0 saturated carbocycles. The van der Waals surface area contributed by atoms with Crippen molar-refractivity contribution >= 4 is 11.8 Å². The summed E-state index contributed by atoms with van der Waals surface area (Å²) in [5.74, 6) is 1.37. The van der Waals surface area contributed by atoms with Gasteiger partial charge in [-0.1, -0.05) is 0 Å². The maximum absolute atomic E-state index is 12.6. The van der Waals surface area contributed by atoms with Gasteiger partial charge in [-0.15, -0.1) is 0 Å². The molecular formula is C18H27N3O4. The van der Waals surface area contributed by atoms with E-state index >= 15 is 0 Å². The lowest BCUT2D eigenvalue weighted by Crippen LogP contribution is -2.58. The lowest BCUT2D eigenvalue weighted by atomic mass is 10.0. The Kier molecular flexibility index (Phi) is 5.44. The van der Waals surface area contributed by atoms with E-state index < -0.39 is 0 Å². The second kappa shape index (κ2) is 7.58. The second-order valence-corrected chi connectivity index (χ2v) is 6.91. The molecule has 2 saturated heterocycles. The van der Waals surface area contributed by atoms with Crippen LogP contribution in [0.25, 0.3) is 0 Å². The summed E-state index contributed by atoms with van der Waals surface area (Å²) in [5.41, 5.74) is 0.591. The highest BCUT2D eigenvalue weighted by molar-refractivity contribution is 5.95. The van der Waals surface area contributed by atoms with Crippen LogP contribution in [-0.2, 0) is 9.53 Å². The zero-order valence-corrected chi connectivity index (χ0v) is 15.1. The number of ether oxygens (including phenoxy) is 1. The van der Waals surface area contributed by atoms with Crippen LogP contribution in [0.5, 0.6) is 0 Å². The van der Waals surface area contributed by atoms with Crippen molar-refractivity contribution in [3.8, 4) is 0 Å². The molecular weight excluding hydrogens is 322 g/mol. The molecule has 0 unspecified atom stereocenters. The number of likely N-dealkylation sites (tertiary alicyclic amines) is 1. The van der Waals surface area contributed by atoms with Gasteiger partial charge in [0.05, 0.1) is 18.3 Å². The molecule has 2 aliphatic rings. The number of hydrogen-bond donors (Lipinski definition) is 2. The van der Waals surface area contributed by atoms with Crippen LogP contribution in [0, 0.1) is 13.8 Å². The first-order chi connectivity index (χ1) is 12.0. The van der Waals surface area contributed by atoms with E-state index in [2.05, 4.69) is 10.6 Å². The summed E-state index contributed by atoms with van der Waals surface area (Å²) in [7, 11) is 0. The number of piperidine rings is 1. The first kappa shape index (κ1) is 17.9. The summed E-state index contributed by atoms with van der Waals surface area (Å²) in [4.78, 5) is 26.9. The van der Waals surface area contributed by atoms with Crippen LogP contribution >= 0.6 is 0 Å². The third-order valence-electron chi connectivity index (χ3n) is 5.01. The SMILES string of the molecule is Cc1cc(C(=O)NC2CCN(C(=O)[C@H]3NCCO[C@@H]3C)CC2)c(C)o1. The summed E-state index contributed by atoms with van der Waals surface area (Å²) in [6.45, 7) is 8.21. The standard InChI is InChI=1S/C18H27N3O4/c1-11-10-15(12(2)25-11)17(22)20-14-4-7-21(8-5-14)18(23)16-13(3)24-9-6-19-16/h10,13-14,16,19H,4-9H2,1-3H3,(H,20,22)/t13-,16+/m1/s1. The third-order valence-corrected chi connectivity index (χ3v) is 5.01. The van der Waals surface area contributed by atoms with Crippen molar-refractivity contribution in [2.45, 2.75) is 51.8 Å². The normalized spacial score (nSPS) is 25.0. The molecule has 25 heavy (non-hydrogen) atoms. The van der Waals surface area contributed by atoms with Crippen molar-refractivity contribution in [3.05, 3.63) is 23.2 Å². The third kappa shape index (κ3) is 4.04. The van der Waals surface area contributed by atoms with Crippen LogP contribution in [0.2, 0.25) is 0 Å². The van der Waals surface area contributed by atoms with Crippen molar-refractivity contribution in [2.24, 2.45) is 0 Å². The van der Waals surface area contributed by atoms with Gasteiger partial charge in [-0.05, 0) is 39.7 Å². The fraction of sp³-hybridized carbons (Fsp3) is 0.667. The van der Waals surface area contributed by atoms with Gasteiger partial charge in [0.25, 0.3) is 5.91 Å². The van der Waals surface area contributed by atoms with E-state index in [0.717, 1.165) is 18.6 Å². The van der Waals surface area contributed by atoms with E-state index in [9.17, 15) is 9.59 Å². The van der Waals surface area contributed by atoms with Crippen LogP contribution in [0.4, 0.5) is 0 Å². The molecule has 2 N–H and O–H groups in total. The van der Waals surface area contributed by atoms with Gasteiger partial charge in [-0.25, -0.2) is 0 Å². The molecule has 7 heteroatoms. The number of nitrogens with one attached hydrogen (secondary N) is 2. The fourth-order valence-corrected chi connectivity index (χ4v) is 3.57. The first-order valence-corrected chi connectivity index (χ1v) is 8.97. The Balaban J connectivity index is 1.51. The summed E-state index contributed by atoms with van der Waals surface area (Å²) in [5, 5.41) is 6.30. The zero-order valence-electron chi connectivity index (χ0n) is 15.1. The van der Waals surface area contributed by atoms with Crippen LogP contribution in [0.15, 0.2) is 10.5 Å². The van der Waals surface area contributed by atoms with Gasteiger partial charge in [0.15, 0.2) is 0 Å². The van der Waals surface area contributed by atoms with E-state index in [1.165, 1.54) is 0 Å². The Hall–Kier alpha value is -1.86. The Morgan fingerprint density at radius 3 is 2.60 bits per heavy atom. The smallest absolute Gasteiger partial charge is 0.255 e. The lowest BCUT2D eigenvalue weighted by Gasteiger charge is -2.37. The molecule has 3 heterocycles. The molecule has 0 radical (unpaired) electrons. The van der Waals surface area contributed by atoms with Crippen molar-refractivity contribution in [1.29, 1.82) is 0 Å². The highest BCUT2D eigenvalue weighted by atomic mass is 16.5. The summed E-state index contributed by atoms with van der Waals surface area (Å²) < 4.78 is 11.0. The van der Waals surface area contributed by atoms with Crippen molar-refractivity contribution in [2.75, 3.05) is 26.2 Å². The topological polar surface area (TPSA) is 83.8 Å². The van der Waals surface area contributed by atoms with Gasteiger partial charge in [-0.3, -0.25) is 9.59 Å². The van der Waals surface area contributed by atoms with E-state index in [0.29, 0.717) is 37.6 Å². The molecule has 2 atom stereocenters. The highest BCUT2D eigenvalue weighted by Crippen LogP contribution is 2.17. The number of furan rings is 1. The number of hydrogen-bond acceptors (Lipinski definition) is 5. The predicted molar refractivity (Wildman–Crippen MR) is 92.5 cm³/mol. The van der Waals surface area contributed by atoms with Crippen LogP contribution in [0.1, 0.15) is 41.6 Å². The van der Waals surface area contributed by atoms with Crippen molar-refractivity contribution in [1.82, 2.24) is 15.5 Å². The molecule has 1 aromatic rings. The first-order valence-electron chi connectivity index (χ1n) is 8.97. The number of rotatable bonds is 3. The van der Waals surface area contributed by atoms with Crippen LogP contribution in [-0.4, -0.2) is 61.1 Å². The fourth-order valence-electron chi connectivity index (χ4n) is 3.57. The minimum atomic E-state index is -0.267. The van der Waals surface area contributed by atoms with Crippen molar-refractivity contribution in [3.63, 3.8) is 0 Å². The van der Waals surface area contributed by atoms with Gasteiger partial charge in [0.2, 0.25) is 5.91 Å². The molecule has 0 aliphatic carbocycles. The van der Waals surface area contributed by atoms with E-state index in [1.54, 1.807) is 13.0 Å². The van der Waals surface area contributed by atoms with Crippen LogP contribution < -0.4 is 10.6 Å². The van der Waals surface area contributed by atoms with E-state index in [1.807, 2.05) is 18.7 Å². The Morgan fingerprint density at radius 1 is 1.28 bits per heavy atom. The van der Waals surface area contributed by atoms with Crippen LogP contribution in [0.3, 0.4) is 0 Å². The quantitative estimate of drug-likeness (QED) is 0.850. The number of aryl methyl sites for hydroxylation is 2. The van der Waals surface area contributed by atoms with E-state index in [4.69, 9.17) is 9.15 Å². The molecule has 0 spiro atoms. The average Bonchev–Trinajstić information content (AvgIpc) is 2.94. The predicted octanol–water partition coefficient (Wildman–Crippen LogP) is 0.994. The molecule has 2 fully saturated rings. The molecule has 1 aromatic heterocycles. The summed E-state index contributed by atoms with van der Waals surface area (Å²) in [6.07, 6.45) is 1.41. The number of morpholine rings is 1. The Bertz CT molecular complexity index is 634. The van der Waals surface area contributed by atoms with E-state index in [-0.39, 0.29) is 30.0 Å². The number of carbonyl (C=O) groups excluding carboxylic acids is 2. The second-order valence-electron chi connectivity index (χ2n) is 6.91. The maximum Gasteiger partial charge on any atom is 0.255 e.